The van der Waals surface area contributed by atoms with E-state index in [1.165, 1.54) is 12.1 Å². The minimum absolute atomic E-state index is 0.0151. The van der Waals surface area contributed by atoms with Gasteiger partial charge in [-0.3, -0.25) is 0 Å². The predicted octanol–water partition coefficient (Wildman–Crippen LogP) is 6.40. The molecule has 0 radical (unpaired) electrons. The lowest BCUT2D eigenvalue weighted by Gasteiger charge is -2.13. The first-order valence-electron chi connectivity index (χ1n) is 7.40. The number of hydrogen-bond donors (Lipinski definition) is 0. The number of unbranched alkanes of at least 4 members (excludes halogenated alkanes) is 1. The fraction of sp³-hybridized carbons (Fsp3) is 0.438. The Morgan fingerprint density at radius 3 is 2.48 bits per heavy atom. The van der Waals surface area contributed by atoms with Crippen LogP contribution < -0.4 is 9.47 Å². The molecule has 140 valence electrons. The maximum Gasteiger partial charge on any atom is 0.187 e. The molecule has 1 rings (SSSR count). The van der Waals surface area contributed by atoms with Crippen molar-refractivity contribution in [3.8, 4) is 11.5 Å². The second-order valence-electron chi connectivity index (χ2n) is 5.05. The fourth-order valence-electron chi connectivity index (χ4n) is 1.61. The van der Waals surface area contributed by atoms with Gasteiger partial charge in [-0.1, -0.05) is 51.6 Å². The molecule has 0 amide bonds. The first-order chi connectivity index (χ1) is 11.8. The van der Waals surface area contributed by atoms with Gasteiger partial charge in [0.2, 0.25) is 0 Å². The van der Waals surface area contributed by atoms with Gasteiger partial charge in [-0.05, 0) is 32.8 Å². The highest BCUT2D eigenvalue weighted by Crippen LogP contribution is 2.40. The van der Waals surface area contributed by atoms with Crippen LogP contribution in [0.4, 0.5) is 4.39 Å². The summed E-state index contributed by atoms with van der Waals surface area (Å²) in [4.78, 5) is 5.06. The molecule has 4 nitrogen and oxygen atoms in total. The summed E-state index contributed by atoms with van der Waals surface area (Å²) < 4.78 is 24.9. The Bertz CT molecular complexity index is 630. The smallest absolute Gasteiger partial charge is 0.187 e. The second-order valence-corrected chi connectivity index (χ2v) is 6.84. The molecule has 0 aliphatic rings. The van der Waals surface area contributed by atoms with Crippen LogP contribution in [0.5, 0.6) is 11.5 Å². The number of rotatable bonds is 10. The molecule has 0 aliphatic carbocycles. The van der Waals surface area contributed by atoms with Crippen LogP contribution in [0.15, 0.2) is 21.8 Å². The normalized spacial score (nSPS) is 10.2. The largest absolute Gasteiger partial charge is 0.490 e. The summed E-state index contributed by atoms with van der Waals surface area (Å²) in [7, 11) is 0. The third-order valence-corrected chi connectivity index (χ3v) is 3.61. The molecule has 1 aromatic rings. The van der Waals surface area contributed by atoms with Crippen LogP contribution in [-0.2, 0) is 4.84 Å². The van der Waals surface area contributed by atoms with Gasteiger partial charge in [0.1, 0.15) is 22.7 Å². The minimum atomic E-state index is -0.767. The summed E-state index contributed by atoms with van der Waals surface area (Å²) in [5.74, 6) is -0.812. The summed E-state index contributed by atoms with van der Waals surface area (Å²) in [6.07, 6.45) is 2.76. The van der Waals surface area contributed by atoms with E-state index in [1.54, 1.807) is 0 Å². The zero-order valence-electron chi connectivity index (χ0n) is 13.8. The number of nitrogens with zero attached hydrogens (tertiary/aromatic N) is 1. The van der Waals surface area contributed by atoms with Crippen molar-refractivity contribution in [1.82, 2.24) is 0 Å². The van der Waals surface area contributed by atoms with Crippen molar-refractivity contribution in [3.05, 3.63) is 32.5 Å². The summed E-state index contributed by atoms with van der Waals surface area (Å²) in [5, 5.41) is 3.71. The number of hydrogen-bond acceptors (Lipinski definition) is 4. The van der Waals surface area contributed by atoms with Gasteiger partial charge in [0.05, 0.1) is 17.3 Å². The van der Waals surface area contributed by atoms with Crippen molar-refractivity contribution >= 4 is 52.1 Å². The van der Waals surface area contributed by atoms with Crippen LogP contribution in [0.2, 0.25) is 10.0 Å². The zero-order chi connectivity index (χ0) is 18.8. The summed E-state index contributed by atoms with van der Waals surface area (Å²) in [6, 6.07) is 1.29. The van der Waals surface area contributed by atoms with Crippen LogP contribution in [-0.4, -0.2) is 25.5 Å². The van der Waals surface area contributed by atoms with E-state index in [0.29, 0.717) is 19.6 Å². The van der Waals surface area contributed by atoms with Crippen molar-refractivity contribution in [3.63, 3.8) is 0 Å². The lowest BCUT2D eigenvalue weighted by molar-refractivity contribution is 0.135. The van der Waals surface area contributed by atoms with E-state index in [0.717, 1.165) is 12.1 Å². The molecule has 0 aliphatic heterocycles. The molecule has 0 heterocycles. The standard InChI is InChI=1S/C16H18Cl4FNO3/c1-10(2)22-25-7-4-3-6-24-16-11(17)9-12(15(21)14(16)20)23-8-5-13(18)19/h5,9H,3-4,6-8H2,1-2H3. The third-order valence-electron chi connectivity index (χ3n) is 2.68. The van der Waals surface area contributed by atoms with Crippen LogP contribution >= 0.6 is 46.4 Å². The molecule has 25 heavy (non-hydrogen) atoms. The summed E-state index contributed by atoms with van der Waals surface area (Å²) >= 11 is 23.0. The summed E-state index contributed by atoms with van der Waals surface area (Å²) in [5.41, 5.74) is 0.844. The van der Waals surface area contributed by atoms with E-state index in [2.05, 4.69) is 5.16 Å². The summed E-state index contributed by atoms with van der Waals surface area (Å²) in [6.45, 7) is 4.44. The van der Waals surface area contributed by atoms with Crippen molar-refractivity contribution in [2.75, 3.05) is 19.8 Å². The minimum Gasteiger partial charge on any atom is -0.490 e. The molecule has 0 bridgehead atoms. The maximum absolute atomic E-state index is 14.2. The Balaban J connectivity index is 2.56. The van der Waals surface area contributed by atoms with Gasteiger partial charge in [-0.25, -0.2) is 4.39 Å². The van der Waals surface area contributed by atoms with E-state index >= 15 is 0 Å². The molecular formula is C16H18Cl4FNO3. The molecule has 0 spiro atoms. The van der Waals surface area contributed by atoms with Crippen LogP contribution in [0.1, 0.15) is 26.7 Å². The predicted molar refractivity (Wildman–Crippen MR) is 101 cm³/mol. The van der Waals surface area contributed by atoms with Gasteiger partial charge < -0.3 is 14.3 Å². The first kappa shape index (κ1) is 22.2. The van der Waals surface area contributed by atoms with Gasteiger partial charge in [0, 0.05) is 6.07 Å². The second kappa shape index (κ2) is 11.7. The average Bonchev–Trinajstić information content (AvgIpc) is 2.53. The Morgan fingerprint density at radius 1 is 1.16 bits per heavy atom. The number of oxime groups is 1. The monoisotopic (exact) mass is 431 g/mol. The lowest BCUT2D eigenvalue weighted by Crippen LogP contribution is -2.03. The SMILES string of the molecule is CC(C)=NOCCCCOc1c(Cl)cc(OCC=C(Cl)Cl)c(F)c1Cl. The van der Waals surface area contributed by atoms with Crippen molar-refractivity contribution in [2.45, 2.75) is 26.7 Å². The Morgan fingerprint density at radius 2 is 1.84 bits per heavy atom. The quantitative estimate of drug-likeness (QED) is 0.186. The topological polar surface area (TPSA) is 40.0 Å². The molecular weight excluding hydrogens is 415 g/mol. The Hall–Kier alpha value is -0.880. The maximum atomic E-state index is 14.2. The molecule has 1 aromatic carbocycles. The lowest BCUT2D eigenvalue weighted by atomic mass is 10.3. The van der Waals surface area contributed by atoms with Gasteiger partial charge >= 0.3 is 0 Å². The molecule has 0 N–H and O–H groups in total. The van der Waals surface area contributed by atoms with Crippen LogP contribution in [0.3, 0.4) is 0 Å². The molecule has 9 heteroatoms. The first-order valence-corrected chi connectivity index (χ1v) is 8.91. The highest BCUT2D eigenvalue weighted by molar-refractivity contribution is 6.55. The van der Waals surface area contributed by atoms with Gasteiger partial charge in [0.15, 0.2) is 17.3 Å². The van der Waals surface area contributed by atoms with Crippen LogP contribution in [0, 0.1) is 5.82 Å². The average molecular weight is 433 g/mol. The van der Waals surface area contributed by atoms with E-state index in [4.69, 9.17) is 60.7 Å². The molecule has 0 saturated carbocycles. The van der Waals surface area contributed by atoms with Crippen molar-refractivity contribution in [1.29, 1.82) is 0 Å². The molecule has 0 unspecified atom stereocenters. The molecule has 0 fully saturated rings. The molecule has 0 atom stereocenters. The van der Waals surface area contributed by atoms with E-state index in [1.807, 2.05) is 13.8 Å². The van der Waals surface area contributed by atoms with Crippen molar-refractivity contribution in [2.24, 2.45) is 5.16 Å². The molecule has 0 aromatic heterocycles. The third kappa shape index (κ3) is 8.36. The molecule has 0 saturated heterocycles. The zero-order valence-corrected chi connectivity index (χ0v) is 16.8. The Kier molecular flexibility index (Phi) is 10.4. The number of halogens is 5. The van der Waals surface area contributed by atoms with E-state index in [9.17, 15) is 4.39 Å². The number of benzene rings is 1. The van der Waals surface area contributed by atoms with Gasteiger partial charge in [-0.15, -0.1) is 0 Å². The Labute approximate surface area is 166 Å². The highest BCUT2D eigenvalue weighted by Gasteiger charge is 2.18. The number of ether oxygens (including phenoxy) is 2. The van der Waals surface area contributed by atoms with Gasteiger partial charge in [0.25, 0.3) is 0 Å². The highest BCUT2D eigenvalue weighted by atomic mass is 35.5. The van der Waals surface area contributed by atoms with E-state index in [-0.39, 0.29) is 32.6 Å². The van der Waals surface area contributed by atoms with Gasteiger partial charge in [-0.2, -0.15) is 0 Å². The van der Waals surface area contributed by atoms with E-state index < -0.39 is 5.82 Å². The van der Waals surface area contributed by atoms with Crippen molar-refractivity contribution < 1.29 is 18.7 Å². The van der Waals surface area contributed by atoms with Crippen LogP contribution in [0.25, 0.3) is 0 Å². The fourth-order valence-corrected chi connectivity index (χ4v) is 2.28.